The molecule has 0 saturated heterocycles. The number of nitrogens with zero attached hydrogens (tertiary/aromatic N) is 5. The molecular formula is C19H24CoN5O4. The zero-order valence-corrected chi connectivity index (χ0v) is 17.6. The molecule has 29 heavy (non-hydrogen) atoms. The minimum atomic E-state index is 0. The Bertz CT molecular complexity index is 575. The van der Waals surface area contributed by atoms with Crippen molar-refractivity contribution in [1.29, 1.82) is 0 Å². The van der Waals surface area contributed by atoms with Crippen molar-refractivity contribution in [3.8, 4) is 0 Å². The quantitative estimate of drug-likeness (QED) is 0.308. The Hall–Kier alpha value is -3.24. The maximum atomic E-state index is 9.63. The first kappa shape index (κ1) is 30.5. The minimum Gasteiger partial charge on any atom is -0.792 e. The number of pyridine rings is 1. The summed E-state index contributed by atoms with van der Waals surface area (Å²) < 4.78 is 0. The molecule has 0 aliphatic rings. The summed E-state index contributed by atoms with van der Waals surface area (Å²) in [5, 5.41) is 45.8. The molecule has 9 nitrogen and oxygen atoms in total. The van der Waals surface area contributed by atoms with Crippen LogP contribution in [0.5, 0.6) is 0 Å². The van der Waals surface area contributed by atoms with E-state index >= 15 is 0 Å². The van der Waals surface area contributed by atoms with E-state index in [2.05, 4.69) is 31.7 Å². The van der Waals surface area contributed by atoms with Gasteiger partial charge in [-0.1, -0.05) is 16.4 Å². The first-order valence-corrected chi connectivity index (χ1v) is 7.92. The molecule has 0 aliphatic carbocycles. The van der Waals surface area contributed by atoms with E-state index in [1.54, 1.807) is 12.4 Å². The van der Waals surface area contributed by atoms with Crippen molar-refractivity contribution in [3.63, 3.8) is 0 Å². The van der Waals surface area contributed by atoms with Gasteiger partial charge in [0, 0.05) is 12.4 Å². The van der Waals surface area contributed by atoms with Gasteiger partial charge in [-0.3, -0.25) is 4.98 Å². The second kappa shape index (κ2) is 22.8. The standard InChI is InChI=1S/C6H5.C5H5N.2C4H8N2O2.Co/c2*1-2-4-6-5-3-1;2*1-3(5-7)4(2)6-8;/h2*1-5H;2*7-8H,1-2H3;/q-1;;;;+3/p-2/b;;2*5-3+,6-4+;. The third kappa shape index (κ3) is 20.9. The van der Waals surface area contributed by atoms with Gasteiger partial charge in [-0.15, -0.1) is 0 Å². The normalized spacial score (nSPS) is 11.2. The van der Waals surface area contributed by atoms with Crippen molar-refractivity contribution in [1.82, 2.24) is 4.98 Å². The average molecular weight is 445 g/mol. The molecule has 158 valence electrons. The van der Waals surface area contributed by atoms with Crippen molar-refractivity contribution in [2.45, 2.75) is 27.7 Å². The molecule has 0 saturated carbocycles. The first-order valence-electron chi connectivity index (χ1n) is 7.92. The molecule has 2 rings (SSSR count). The van der Waals surface area contributed by atoms with Gasteiger partial charge in [0.05, 0.1) is 22.8 Å². The van der Waals surface area contributed by atoms with Crippen LogP contribution in [0.15, 0.2) is 81.5 Å². The average Bonchev–Trinajstić information content (AvgIpc) is 2.80. The van der Waals surface area contributed by atoms with E-state index in [9.17, 15) is 10.4 Å². The van der Waals surface area contributed by atoms with Crippen LogP contribution >= 0.6 is 0 Å². The Labute approximate surface area is 181 Å². The van der Waals surface area contributed by atoms with Gasteiger partial charge in [0.2, 0.25) is 0 Å². The summed E-state index contributed by atoms with van der Waals surface area (Å²) in [6.07, 6.45) is 3.50. The van der Waals surface area contributed by atoms with Crippen molar-refractivity contribution in [2.24, 2.45) is 20.6 Å². The fourth-order valence-electron chi connectivity index (χ4n) is 0.931. The topological polar surface area (TPSA) is 149 Å². The van der Waals surface area contributed by atoms with E-state index in [1.807, 2.05) is 48.5 Å². The van der Waals surface area contributed by atoms with Gasteiger partial charge in [0.25, 0.3) is 0 Å². The Morgan fingerprint density at radius 3 is 1.17 bits per heavy atom. The van der Waals surface area contributed by atoms with Crippen molar-refractivity contribution < 1.29 is 27.2 Å². The SMILES string of the molecule is CC(=N\[O-])/C(C)=N/O.CC(=N\[O-])/C(C)=N/O.[Co+3].[c-]1ccccc1.c1ccncc1. The molecule has 0 unspecified atom stereocenters. The Morgan fingerprint density at radius 2 is 1.07 bits per heavy atom. The molecule has 0 radical (unpaired) electrons. The predicted molar refractivity (Wildman–Crippen MR) is 112 cm³/mol. The van der Waals surface area contributed by atoms with E-state index in [0.29, 0.717) is 0 Å². The summed E-state index contributed by atoms with van der Waals surface area (Å²) in [5.74, 6) is 0. The van der Waals surface area contributed by atoms with Crippen molar-refractivity contribution in [3.05, 3.63) is 77.4 Å². The fraction of sp³-hybridized carbons (Fsp3) is 0.211. The number of hydrogen-bond acceptors (Lipinski definition) is 9. The van der Waals surface area contributed by atoms with Crippen LogP contribution < -0.4 is 0 Å². The molecule has 0 fully saturated rings. The summed E-state index contributed by atoms with van der Waals surface area (Å²) in [7, 11) is 0. The zero-order chi connectivity index (χ0) is 21.6. The van der Waals surface area contributed by atoms with Gasteiger partial charge in [0.15, 0.2) is 0 Å². The van der Waals surface area contributed by atoms with E-state index < -0.39 is 0 Å². The molecule has 0 bridgehead atoms. The molecule has 2 N–H and O–H groups in total. The first-order chi connectivity index (χ1) is 13.4. The van der Waals surface area contributed by atoms with Crippen molar-refractivity contribution >= 4 is 22.8 Å². The number of benzene rings is 1. The van der Waals surface area contributed by atoms with Gasteiger partial charge >= 0.3 is 16.8 Å². The summed E-state index contributed by atoms with van der Waals surface area (Å²) >= 11 is 0. The van der Waals surface area contributed by atoms with Crippen LogP contribution in [0.2, 0.25) is 0 Å². The maximum Gasteiger partial charge on any atom is 3.00 e. The number of oxime groups is 2. The largest absolute Gasteiger partial charge is 3.00 e. The Balaban J connectivity index is -0.000000309. The van der Waals surface area contributed by atoms with E-state index in [1.165, 1.54) is 27.7 Å². The van der Waals surface area contributed by atoms with E-state index in [0.717, 1.165) is 0 Å². The number of hydrogen-bond donors (Lipinski definition) is 2. The zero-order valence-electron chi connectivity index (χ0n) is 16.6. The van der Waals surface area contributed by atoms with Crippen LogP contribution in [0, 0.1) is 16.5 Å². The molecule has 0 aliphatic heterocycles. The smallest absolute Gasteiger partial charge is 0.792 e. The molecule has 1 aromatic carbocycles. The Kier molecular flexibility index (Phi) is 24.0. The molecule has 0 amide bonds. The third-order valence-electron chi connectivity index (χ3n) is 2.79. The van der Waals surface area contributed by atoms with Gasteiger partial charge in [-0.2, -0.15) is 36.4 Å². The molecule has 10 heteroatoms. The van der Waals surface area contributed by atoms with Crippen LogP contribution in [-0.2, 0) is 16.8 Å². The van der Waals surface area contributed by atoms with Crippen LogP contribution in [0.3, 0.4) is 0 Å². The molecule has 0 atom stereocenters. The number of aromatic nitrogens is 1. The molecule has 2 aromatic rings. The molecule has 1 heterocycles. The fourth-order valence-corrected chi connectivity index (χ4v) is 0.931. The second-order valence-electron chi connectivity index (χ2n) is 4.83. The van der Waals surface area contributed by atoms with Crippen LogP contribution in [0.4, 0.5) is 0 Å². The predicted octanol–water partition coefficient (Wildman–Crippen LogP) is 4.16. The number of rotatable bonds is 2. The monoisotopic (exact) mass is 445 g/mol. The van der Waals surface area contributed by atoms with Crippen LogP contribution in [0.1, 0.15) is 27.7 Å². The van der Waals surface area contributed by atoms with Crippen LogP contribution in [0.25, 0.3) is 0 Å². The van der Waals surface area contributed by atoms with Gasteiger partial charge < -0.3 is 31.1 Å². The second-order valence-corrected chi connectivity index (χ2v) is 4.83. The molecular weight excluding hydrogens is 421 g/mol. The van der Waals surface area contributed by atoms with Crippen LogP contribution in [-0.4, -0.2) is 38.2 Å². The Morgan fingerprint density at radius 1 is 0.690 bits per heavy atom. The summed E-state index contributed by atoms with van der Waals surface area (Å²) in [6.45, 7) is 5.94. The minimum absolute atomic E-state index is 0. The molecule has 0 spiro atoms. The summed E-state index contributed by atoms with van der Waals surface area (Å²) in [5.41, 5.74) is 0.903. The van der Waals surface area contributed by atoms with Crippen molar-refractivity contribution in [2.75, 3.05) is 0 Å². The third-order valence-corrected chi connectivity index (χ3v) is 2.79. The van der Waals surface area contributed by atoms with E-state index in [4.69, 9.17) is 10.4 Å². The van der Waals surface area contributed by atoms with Gasteiger partial charge in [-0.05, 0) is 39.8 Å². The molecule has 1 aromatic heterocycles. The van der Waals surface area contributed by atoms with E-state index in [-0.39, 0.29) is 39.6 Å². The van der Waals surface area contributed by atoms with Gasteiger partial charge in [-0.25, -0.2) is 0 Å². The maximum absolute atomic E-state index is 9.63. The summed E-state index contributed by atoms with van der Waals surface area (Å²) in [6, 6.07) is 18.2. The van der Waals surface area contributed by atoms with Gasteiger partial charge in [0.1, 0.15) is 0 Å². The summed E-state index contributed by atoms with van der Waals surface area (Å²) in [4.78, 5) is 3.78.